The summed E-state index contributed by atoms with van der Waals surface area (Å²) in [6, 6.07) is 4.69. The van der Waals surface area contributed by atoms with Crippen molar-refractivity contribution in [2.75, 3.05) is 11.9 Å². The van der Waals surface area contributed by atoms with Gasteiger partial charge in [0, 0.05) is 5.39 Å². The number of aliphatic hydroxyl groups is 1. The highest BCUT2D eigenvalue weighted by atomic mass is 16.4. The van der Waals surface area contributed by atoms with Crippen molar-refractivity contribution in [1.29, 1.82) is 0 Å². The Kier molecular flexibility index (Phi) is 3.91. The normalized spacial score (nSPS) is 12.3. The first-order valence-electron chi connectivity index (χ1n) is 5.99. The molecule has 1 atom stereocenters. The predicted molar refractivity (Wildman–Crippen MR) is 71.0 cm³/mol. The molecule has 6 heteroatoms. The standard InChI is InChI=1S/C13H15N3O3/c1-2-8-3-4-10-9(5-8)12(15-7-14-10)16-11(6-17)13(18)19/h3-5,7,11,17H,2,6H2,1H3,(H,18,19)(H,14,15,16). The summed E-state index contributed by atoms with van der Waals surface area (Å²) in [6.07, 6.45) is 2.24. The summed E-state index contributed by atoms with van der Waals surface area (Å²) >= 11 is 0. The summed E-state index contributed by atoms with van der Waals surface area (Å²) in [7, 11) is 0. The fourth-order valence-corrected chi connectivity index (χ4v) is 1.79. The lowest BCUT2D eigenvalue weighted by molar-refractivity contribution is -0.138. The minimum Gasteiger partial charge on any atom is -0.480 e. The molecule has 0 fully saturated rings. The van der Waals surface area contributed by atoms with Crippen LogP contribution >= 0.6 is 0 Å². The van der Waals surface area contributed by atoms with Gasteiger partial charge in [-0.05, 0) is 24.1 Å². The molecule has 19 heavy (non-hydrogen) atoms. The van der Waals surface area contributed by atoms with Gasteiger partial charge in [0.1, 0.15) is 18.2 Å². The number of aliphatic hydroxyl groups excluding tert-OH is 1. The number of carboxylic acid groups (broad SMARTS) is 1. The number of carbonyl (C=O) groups is 1. The van der Waals surface area contributed by atoms with E-state index in [9.17, 15) is 4.79 Å². The number of nitrogens with zero attached hydrogens (tertiary/aromatic N) is 2. The molecular weight excluding hydrogens is 246 g/mol. The number of nitrogens with one attached hydrogen (secondary N) is 1. The number of benzene rings is 1. The van der Waals surface area contributed by atoms with E-state index >= 15 is 0 Å². The maximum Gasteiger partial charge on any atom is 0.328 e. The Bertz CT molecular complexity index is 601. The zero-order valence-electron chi connectivity index (χ0n) is 10.5. The number of carboxylic acids is 1. The third-order valence-electron chi connectivity index (χ3n) is 2.90. The number of hydrogen-bond donors (Lipinski definition) is 3. The van der Waals surface area contributed by atoms with Crippen LogP contribution in [0.15, 0.2) is 24.5 Å². The Labute approximate surface area is 110 Å². The lowest BCUT2D eigenvalue weighted by Gasteiger charge is -2.14. The molecule has 2 rings (SSSR count). The topological polar surface area (TPSA) is 95.3 Å². The van der Waals surface area contributed by atoms with Gasteiger partial charge in [0.2, 0.25) is 0 Å². The number of hydrogen-bond acceptors (Lipinski definition) is 5. The Morgan fingerprint density at radius 2 is 2.21 bits per heavy atom. The molecule has 0 amide bonds. The van der Waals surface area contributed by atoms with Gasteiger partial charge in [0.25, 0.3) is 0 Å². The molecule has 2 aromatic rings. The van der Waals surface area contributed by atoms with Crippen LogP contribution in [-0.4, -0.2) is 38.8 Å². The van der Waals surface area contributed by atoms with Crippen LogP contribution in [0.3, 0.4) is 0 Å². The molecule has 0 aliphatic rings. The van der Waals surface area contributed by atoms with Crippen LogP contribution in [0.2, 0.25) is 0 Å². The van der Waals surface area contributed by atoms with Gasteiger partial charge in [0.05, 0.1) is 12.1 Å². The first kappa shape index (κ1) is 13.2. The van der Waals surface area contributed by atoms with Gasteiger partial charge < -0.3 is 15.5 Å². The molecule has 0 saturated heterocycles. The second-order valence-corrected chi connectivity index (χ2v) is 4.15. The number of rotatable bonds is 5. The van der Waals surface area contributed by atoms with Crippen molar-refractivity contribution in [2.45, 2.75) is 19.4 Å². The number of aryl methyl sites for hydroxylation is 1. The summed E-state index contributed by atoms with van der Waals surface area (Å²) in [5.74, 6) is -0.706. The molecule has 0 aliphatic carbocycles. The van der Waals surface area contributed by atoms with Gasteiger partial charge in [-0.15, -0.1) is 0 Å². The average Bonchev–Trinajstić information content (AvgIpc) is 2.43. The smallest absolute Gasteiger partial charge is 0.328 e. The van der Waals surface area contributed by atoms with Gasteiger partial charge in [-0.2, -0.15) is 0 Å². The zero-order valence-corrected chi connectivity index (χ0v) is 10.5. The van der Waals surface area contributed by atoms with E-state index in [1.54, 1.807) is 0 Å². The van der Waals surface area contributed by atoms with E-state index in [-0.39, 0.29) is 0 Å². The van der Waals surface area contributed by atoms with Crippen LogP contribution in [0, 0.1) is 0 Å². The fourth-order valence-electron chi connectivity index (χ4n) is 1.79. The highest BCUT2D eigenvalue weighted by Crippen LogP contribution is 2.21. The van der Waals surface area contributed by atoms with Crippen LogP contribution < -0.4 is 5.32 Å². The maximum absolute atomic E-state index is 10.9. The van der Waals surface area contributed by atoms with Crippen molar-refractivity contribution in [3.63, 3.8) is 0 Å². The summed E-state index contributed by atoms with van der Waals surface area (Å²) in [5, 5.41) is 21.5. The van der Waals surface area contributed by atoms with Crippen molar-refractivity contribution in [3.05, 3.63) is 30.1 Å². The third-order valence-corrected chi connectivity index (χ3v) is 2.90. The van der Waals surface area contributed by atoms with Crippen LogP contribution in [0.1, 0.15) is 12.5 Å². The molecular formula is C13H15N3O3. The second-order valence-electron chi connectivity index (χ2n) is 4.15. The fraction of sp³-hybridized carbons (Fsp3) is 0.308. The third kappa shape index (κ3) is 2.79. The van der Waals surface area contributed by atoms with Crippen LogP contribution in [0.5, 0.6) is 0 Å². The molecule has 0 radical (unpaired) electrons. The van der Waals surface area contributed by atoms with Crippen LogP contribution in [0.25, 0.3) is 10.9 Å². The van der Waals surface area contributed by atoms with Crippen LogP contribution in [-0.2, 0) is 11.2 Å². The minimum atomic E-state index is -1.12. The molecule has 0 aliphatic heterocycles. The predicted octanol–water partition coefficient (Wildman–Crippen LogP) is 1.05. The van der Waals surface area contributed by atoms with Crippen molar-refractivity contribution >= 4 is 22.7 Å². The van der Waals surface area contributed by atoms with Crippen LogP contribution in [0.4, 0.5) is 5.82 Å². The Morgan fingerprint density at radius 3 is 2.84 bits per heavy atom. The van der Waals surface area contributed by atoms with E-state index in [2.05, 4.69) is 15.3 Å². The molecule has 1 aromatic heterocycles. The Morgan fingerprint density at radius 1 is 1.42 bits per heavy atom. The highest BCUT2D eigenvalue weighted by Gasteiger charge is 2.17. The van der Waals surface area contributed by atoms with Gasteiger partial charge in [-0.1, -0.05) is 13.0 Å². The van der Waals surface area contributed by atoms with Crippen molar-refractivity contribution in [2.24, 2.45) is 0 Å². The molecule has 100 valence electrons. The Hall–Kier alpha value is -2.21. The molecule has 6 nitrogen and oxygen atoms in total. The number of aromatic nitrogens is 2. The summed E-state index contributed by atoms with van der Waals surface area (Å²) in [5.41, 5.74) is 1.85. The van der Waals surface area contributed by atoms with Crippen molar-refractivity contribution in [3.8, 4) is 0 Å². The average molecular weight is 261 g/mol. The first-order chi connectivity index (χ1) is 9.15. The highest BCUT2D eigenvalue weighted by molar-refractivity contribution is 5.91. The minimum absolute atomic E-state index is 0.418. The summed E-state index contributed by atoms with van der Waals surface area (Å²) in [6.45, 7) is 1.53. The quantitative estimate of drug-likeness (QED) is 0.744. The lowest BCUT2D eigenvalue weighted by Crippen LogP contribution is -2.33. The molecule has 3 N–H and O–H groups in total. The zero-order chi connectivity index (χ0) is 13.8. The molecule has 0 saturated carbocycles. The van der Waals surface area contributed by atoms with E-state index < -0.39 is 18.6 Å². The summed E-state index contributed by atoms with van der Waals surface area (Å²) in [4.78, 5) is 19.1. The van der Waals surface area contributed by atoms with E-state index in [4.69, 9.17) is 10.2 Å². The van der Waals surface area contributed by atoms with Gasteiger partial charge in [0.15, 0.2) is 0 Å². The SMILES string of the molecule is CCc1ccc2ncnc(NC(CO)C(=O)O)c2c1. The number of aliphatic carboxylic acids is 1. The second kappa shape index (κ2) is 5.62. The molecule has 1 aromatic carbocycles. The van der Waals surface area contributed by atoms with E-state index in [0.29, 0.717) is 5.82 Å². The van der Waals surface area contributed by atoms with Crippen molar-refractivity contribution < 1.29 is 15.0 Å². The lowest BCUT2D eigenvalue weighted by atomic mass is 10.1. The monoisotopic (exact) mass is 261 g/mol. The van der Waals surface area contributed by atoms with Gasteiger partial charge >= 0.3 is 5.97 Å². The van der Waals surface area contributed by atoms with E-state index in [1.807, 2.05) is 25.1 Å². The van der Waals surface area contributed by atoms with E-state index in [1.165, 1.54) is 6.33 Å². The van der Waals surface area contributed by atoms with Crippen molar-refractivity contribution in [1.82, 2.24) is 9.97 Å². The largest absolute Gasteiger partial charge is 0.480 e. The number of fused-ring (bicyclic) bond motifs is 1. The first-order valence-corrected chi connectivity index (χ1v) is 5.99. The molecule has 1 heterocycles. The maximum atomic E-state index is 10.9. The summed E-state index contributed by atoms with van der Waals surface area (Å²) < 4.78 is 0. The van der Waals surface area contributed by atoms with Gasteiger partial charge in [-0.25, -0.2) is 14.8 Å². The Balaban J connectivity index is 2.44. The van der Waals surface area contributed by atoms with E-state index in [0.717, 1.165) is 22.9 Å². The molecule has 0 bridgehead atoms. The van der Waals surface area contributed by atoms with Gasteiger partial charge in [-0.3, -0.25) is 0 Å². The molecule has 0 spiro atoms. The molecule has 1 unspecified atom stereocenters. The number of anilines is 1.